The lowest BCUT2D eigenvalue weighted by Crippen LogP contribution is -2.04. The third kappa shape index (κ3) is 2.54. The van der Waals surface area contributed by atoms with Gasteiger partial charge in [-0.25, -0.2) is 14.4 Å². The highest BCUT2D eigenvalue weighted by atomic mass is 32.1. The summed E-state index contributed by atoms with van der Waals surface area (Å²) in [6.07, 6.45) is -3.48. The van der Waals surface area contributed by atoms with Crippen LogP contribution in [-0.2, 0) is 6.18 Å². The third-order valence-electron chi connectivity index (χ3n) is 2.68. The number of alkyl halides is 3. The lowest BCUT2D eigenvalue weighted by Gasteiger charge is -2.09. The van der Waals surface area contributed by atoms with E-state index < -0.39 is 17.6 Å². The molecule has 0 amide bonds. The number of fused-ring (bicyclic) bond motifs is 1. The monoisotopic (exact) mass is 314 g/mol. The molecular weight excluding hydrogens is 308 g/mol. The molecule has 2 heterocycles. The van der Waals surface area contributed by atoms with Crippen molar-refractivity contribution in [2.75, 3.05) is 0 Å². The van der Waals surface area contributed by atoms with Gasteiger partial charge in [-0.15, -0.1) is 11.3 Å². The van der Waals surface area contributed by atoms with E-state index in [1.54, 1.807) is 0 Å². The van der Waals surface area contributed by atoms with Gasteiger partial charge in [-0.2, -0.15) is 13.2 Å². The van der Waals surface area contributed by atoms with E-state index in [4.69, 9.17) is 4.74 Å². The zero-order valence-corrected chi connectivity index (χ0v) is 11.0. The van der Waals surface area contributed by atoms with E-state index in [0.717, 1.165) is 29.1 Å². The minimum Gasteiger partial charge on any atom is -0.435 e. The SMILES string of the molecule is Fc1ccccc1Oc1ncnc2scc(C(F)(F)F)c12. The Hall–Kier alpha value is -2.22. The van der Waals surface area contributed by atoms with Crippen molar-refractivity contribution in [2.24, 2.45) is 0 Å². The molecule has 0 unspecified atom stereocenters. The maximum Gasteiger partial charge on any atom is 0.418 e. The molecule has 0 spiro atoms. The third-order valence-corrected chi connectivity index (χ3v) is 3.57. The highest BCUT2D eigenvalue weighted by Gasteiger charge is 2.35. The first-order chi connectivity index (χ1) is 9.97. The molecule has 0 saturated carbocycles. The molecule has 2 aromatic heterocycles. The minimum atomic E-state index is -4.56. The first-order valence-electron chi connectivity index (χ1n) is 5.68. The van der Waals surface area contributed by atoms with Gasteiger partial charge in [0.15, 0.2) is 11.6 Å². The van der Waals surface area contributed by atoms with Crippen LogP contribution < -0.4 is 4.74 Å². The Morgan fingerprint density at radius 2 is 1.86 bits per heavy atom. The molecule has 0 fully saturated rings. The lowest BCUT2D eigenvalue weighted by molar-refractivity contribution is -0.136. The molecule has 0 N–H and O–H groups in total. The van der Waals surface area contributed by atoms with Crippen LogP contribution in [0.1, 0.15) is 5.56 Å². The molecule has 3 aromatic rings. The van der Waals surface area contributed by atoms with E-state index in [-0.39, 0.29) is 21.8 Å². The van der Waals surface area contributed by atoms with Gasteiger partial charge in [-0.1, -0.05) is 12.1 Å². The van der Waals surface area contributed by atoms with Gasteiger partial charge in [0.05, 0.1) is 10.9 Å². The van der Waals surface area contributed by atoms with Gasteiger partial charge in [0.25, 0.3) is 0 Å². The van der Waals surface area contributed by atoms with Crippen molar-refractivity contribution in [1.82, 2.24) is 9.97 Å². The topological polar surface area (TPSA) is 35.0 Å². The lowest BCUT2D eigenvalue weighted by atomic mass is 10.2. The number of thiophene rings is 1. The van der Waals surface area contributed by atoms with Gasteiger partial charge in [0.1, 0.15) is 11.2 Å². The van der Waals surface area contributed by atoms with E-state index in [1.807, 2.05) is 0 Å². The first-order valence-corrected chi connectivity index (χ1v) is 6.56. The average molecular weight is 314 g/mol. The van der Waals surface area contributed by atoms with Crippen LogP contribution in [-0.4, -0.2) is 9.97 Å². The molecule has 0 aliphatic heterocycles. The number of halogens is 4. The number of aromatic nitrogens is 2. The number of ether oxygens (including phenoxy) is 1. The highest BCUT2D eigenvalue weighted by Crippen LogP contribution is 2.41. The summed E-state index contributed by atoms with van der Waals surface area (Å²) in [5, 5.41) is 0.673. The Labute approximate surface area is 119 Å². The molecule has 108 valence electrons. The highest BCUT2D eigenvalue weighted by molar-refractivity contribution is 7.17. The van der Waals surface area contributed by atoms with Gasteiger partial charge >= 0.3 is 6.18 Å². The van der Waals surface area contributed by atoms with Gasteiger partial charge in [0, 0.05) is 5.38 Å². The second kappa shape index (κ2) is 4.96. The van der Waals surface area contributed by atoms with E-state index in [1.165, 1.54) is 18.2 Å². The second-order valence-electron chi connectivity index (χ2n) is 4.04. The van der Waals surface area contributed by atoms with Crippen LogP contribution in [0.4, 0.5) is 17.6 Å². The molecule has 1 aromatic carbocycles. The Kier molecular flexibility index (Phi) is 3.25. The number of para-hydroxylation sites is 1. The van der Waals surface area contributed by atoms with E-state index in [2.05, 4.69) is 9.97 Å². The molecule has 0 radical (unpaired) electrons. The fourth-order valence-electron chi connectivity index (χ4n) is 1.77. The van der Waals surface area contributed by atoms with E-state index in [9.17, 15) is 17.6 Å². The van der Waals surface area contributed by atoms with Crippen molar-refractivity contribution in [1.29, 1.82) is 0 Å². The summed E-state index contributed by atoms with van der Waals surface area (Å²) in [6.45, 7) is 0. The maximum absolute atomic E-state index is 13.5. The van der Waals surface area contributed by atoms with Crippen LogP contribution in [0, 0.1) is 5.82 Å². The van der Waals surface area contributed by atoms with Gasteiger partial charge in [0.2, 0.25) is 5.88 Å². The Morgan fingerprint density at radius 1 is 1.10 bits per heavy atom. The fraction of sp³-hybridized carbons (Fsp3) is 0.0769. The van der Waals surface area contributed by atoms with Crippen molar-refractivity contribution in [3.8, 4) is 11.6 Å². The average Bonchev–Trinajstić information content (AvgIpc) is 2.86. The summed E-state index contributed by atoms with van der Waals surface area (Å²) in [4.78, 5) is 7.60. The summed E-state index contributed by atoms with van der Waals surface area (Å²) in [5.74, 6) is -1.21. The molecule has 0 atom stereocenters. The summed E-state index contributed by atoms with van der Waals surface area (Å²) in [6, 6.07) is 5.41. The molecule has 0 saturated heterocycles. The van der Waals surface area contributed by atoms with Gasteiger partial charge in [-0.05, 0) is 12.1 Å². The van der Waals surface area contributed by atoms with Crippen LogP contribution in [0.25, 0.3) is 10.2 Å². The number of rotatable bonds is 2. The Morgan fingerprint density at radius 3 is 2.57 bits per heavy atom. The Balaban J connectivity index is 2.15. The molecule has 8 heteroatoms. The summed E-state index contributed by atoms with van der Waals surface area (Å²) < 4.78 is 57.7. The molecule has 0 aliphatic rings. The van der Waals surface area contributed by atoms with Crippen LogP contribution in [0.5, 0.6) is 11.6 Å². The molecule has 3 rings (SSSR count). The van der Waals surface area contributed by atoms with E-state index >= 15 is 0 Å². The predicted molar refractivity (Wildman–Crippen MR) is 68.9 cm³/mol. The van der Waals surface area contributed by atoms with Crippen molar-refractivity contribution in [2.45, 2.75) is 6.18 Å². The van der Waals surface area contributed by atoms with Crippen molar-refractivity contribution in [3.63, 3.8) is 0 Å². The van der Waals surface area contributed by atoms with Crippen LogP contribution >= 0.6 is 11.3 Å². The smallest absolute Gasteiger partial charge is 0.418 e. The molecule has 3 nitrogen and oxygen atoms in total. The largest absolute Gasteiger partial charge is 0.435 e. The molecule has 21 heavy (non-hydrogen) atoms. The van der Waals surface area contributed by atoms with E-state index in [0.29, 0.717) is 0 Å². The Bertz CT molecular complexity index is 800. The molecule has 0 bridgehead atoms. The van der Waals surface area contributed by atoms with Crippen LogP contribution in [0.3, 0.4) is 0 Å². The summed E-state index contributed by atoms with van der Waals surface area (Å²) in [7, 11) is 0. The van der Waals surface area contributed by atoms with Crippen LogP contribution in [0.15, 0.2) is 36.0 Å². The zero-order valence-electron chi connectivity index (χ0n) is 10.2. The van der Waals surface area contributed by atoms with Crippen molar-refractivity contribution in [3.05, 3.63) is 47.4 Å². The van der Waals surface area contributed by atoms with Crippen molar-refractivity contribution >= 4 is 21.6 Å². The number of hydrogen-bond donors (Lipinski definition) is 0. The number of nitrogens with zero attached hydrogens (tertiary/aromatic N) is 2. The van der Waals surface area contributed by atoms with Gasteiger partial charge in [-0.3, -0.25) is 0 Å². The maximum atomic E-state index is 13.5. The van der Waals surface area contributed by atoms with Crippen LogP contribution in [0.2, 0.25) is 0 Å². The fourth-order valence-corrected chi connectivity index (χ4v) is 2.67. The summed E-state index contributed by atoms with van der Waals surface area (Å²) >= 11 is 0.825. The number of benzene rings is 1. The molecular formula is C13H6F4N2OS. The predicted octanol–water partition coefficient (Wildman–Crippen LogP) is 4.64. The summed E-state index contributed by atoms with van der Waals surface area (Å²) in [5.41, 5.74) is -0.894. The normalized spacial score (nSPS) is 11.8. The second-order valence-corrected chi connectivity index (χ2v) is 4.90. The van der Waals surface area contributed by atoms with Gasteiger partial charge < -0.3 is 4.74 Å². The number of hydrogen-bond acceptors (Lipinski definition) is 4. The van der Waals surface area contributed by atoms with Crippen molar-refractivity contribution < 1.29 is 22.3 Å². The standard InChI is InChI=1S/C13H6F4N2OS/c14-8-3-1-2-4-9(8)20-11-10-7(13(15,16)17)5-21-12(10)19-6-18-11/h1-6H. The quantitative estimate of drug-likeness (QED) is 0.646. The first kappa shape index (κ1) is 13.7. The minimum absolute atomic E-state index is 0.128. The molecule has 0 aliphatic carbocycles. The zero-order chi connectivity index (χ0) is 15.0.